The van der Waals surface area contributed by atoms with Gasteiger partial charge in [-0.1, -0.05) is 12.1 Å². The van der Waals surface area contributed by atoms with E-state index in [9.17, 15) is 14.7 Å². The molecule has 1 amide bonds. The quantitative estimate of drug-likeness (QED) is 0.560. The van der Waals surface area contributed by atoms with Crippen molar-refractivity contribution in [3.8, 4) is 5.75 Å². The number of phenols is 1. The Morgan fingerprint density at radius 2 is 2.10 bits per heavy atom. The summed E-state index contributed by atoms with van der Waals surface area (Å²) in [7, 11) is 1.30. The number of esters is 1. The van der Waals surface area contributed by atoms with Crippen molar-refractivity contribution >= 4 is 35.4 Å². The zero-order valence-corrected chi connectivity index (χ0v) is 13.6. The molecule has 0 aliphatic carbocycles. The molecule has 0 saturated carbocycles. The van der Waals surface area contributed by atoms with E-state index in [4.69, 9.17) is 0 Å². The molecule has 1 atom stereocenters. The Balaban J connectivity index is 2.50. The highest BCUT2D eigenvalue weighted by atomic mass is 32.2. The number of methoxy groups -OCH3 is 1. The lowest BCUT2D eigenvalue weighted by molar-refractivity contribution is -0.144. The maximum Gasteiger partial charge on any atom is 0.328 e. The lowest BCUT2D eigenvalue weighted by Gasteiger charge is -2.15. The third kappa shape index (κ3) is 6.31. The first-order valence-corrected chi connectivity index (χ1v) is 8.73. The van der Waals surface area contributed by atoms with Gasteiger partial charge in [-0.15, -0.1) is 11.8 Å². The van der Waals surface area contributed by atoms with Crippen LogP contribution in [0.15, 0.2) is 29.2 Å². The lowest BCUT2D eigenvalue weighted by atomic mass is 10.2. The average molecular weight is 329 g/mol. The first kappa shape index (κ1) is 17.7. The van der Waals surface area contributed by atoms with E-state index in [1.807, 2.05) is 6.26 Å². The average Bonchev–Trinajstić information content (AvgIpc) is 2.49. The fourth-order valence-electron chi connectivity index (χ4n) is 1.59. The van der Waals surface area contributed by atoms with Gasteiger partial charge in [-0.3, -0.25) is 4.79 Å². The molecule has 0 aliphatic heterocycles. The van der Waals surface area contributed by atoms with E-state index in [0.29, 0.717) is 11.3 Å². The van der Waals surface area contributed by atoms with Gasteiger partial charge in [0, 0.05) is 4.90 Å². The zero-order chi connectivity index (χ0) is 15.7. The molecule has 0 aromatic heterocycles. The summed E-state index contributed by atoms with van der Waals surface area (Å²) >= 11 is 2.82. The van der Waals surface area contributed by atoms with Crippen LogP contribution >= 0.6 is 23.5 Å². The van der Waals surface area contributed by atoms with Crippen molar-refractivity contribution in [3.05, 3.63) is 24.3 Å². The summed E-state index contributed by atoms with van der Waals surface area (Å²) in [6.45, 7) is 0. The van der Waals surface area contributed by atoms with Crippen molar-refractivity contribution in [2.24, 2.45) is 0 Å². The van der Waals surface area contributed by atoms with Gasteiger partial charge in [0.15, 0.2) is 0 Å². The summed E-state index contributed by atoms with van der Waals surface area (Å²) in [6.07, 6.45) is 2.46. The van der Waals surface area contributed by atoms with Crippen molar-refractivity contribution < 1.29 is 19.4 Å². The number of ether oxygens (including phenoxy) is 1. The minimum absolute atomic E-state index is 0.129. The number of carbonyl (C=O) groups is 2. The summed E-state index contributed by atoms with van der Waals surface area (Å²) in [5.74, 6) is 0.323. The van der Waals surface area contributed by atoms with Crippen LogP contribution in [0.5, 0.6) is 5.75 Å². The van der Waals surface area contributed by atoms with Gasteiger partial charge in [0.25, 0.3) is 0 Å². The number of phenolic OH excluding ortho intramolecular Hbond substituents is 1. The maximum absolute atomic E-state index is 11.9. The van der Waals surface area contributed by atoms with E-state index in [1.54, 1.807) is 36.0 Å². The van der Waals surface area contributed by atoms with E-state index in [-0.39, 0.29) is 17.4 Å². The third-order valence-corrected chi connectivity index (χ3v) is 4.36. The Morgan fingerprint density at radius 3 is 2.71 bits per heavy atom. The number of benzene rings is 1. The van der Waals surface area contributed by atoms with Crippen LogP contribution in [0.3, 0.4) is 0 Å². The molecule has 2 N–H and O–H groups in total. The van der Waals surface area contributed by atoms with E-state index in [0.717, 1.165) is 5.75 Å². The van der Waals surface area contributed by atoms with Gasteiger partial charge in [-0.25, -0.2) is 4.79 Å². The maximum atomic E-state index is 11.9. The fourth-order valence-corrected chi connectivity index (χ4v) is 2.82. The van der Waals surface area contributed by atoms with E-state index in [2.05, 4.69) is 10.1 Å². The number of amides is 1. The predicted octanol–water partition coefficient (Wildman–Crippen LogP) is 1.90. The summed E-state index contributed by atoms with van der Waals surface area (Å²) in [6, 6.07) is 6.18. The monoisotopic (exact) mass is 329 g/mol. The van der Waals surface area contributed by atoms with Crippen LogP contribution in [0.25, 0.3) is 0 Å². The van der Waals surface area contributed by atoms with Crippen molar-refractivity contribution in [2.45, 2.75) is 17.4 Å². The molecule has 0 heterocycles. The van der Waals surface area contributed by atoms with Crippen molar-refractivity contribution in [3.63, 3.8) is 0 Å². The second-order valence-electron chi connectivity index (χ2n) is 4.18. The van der Waals surface area contributed by atoms with Gasteiger partial charge < -0.3 is 15.2 Å². The molecule has 1 aromatic carbocycles. The molecule has 0 aliphatic rings. The Labute approximate surface area is 132 Å². The molecule has 0 spiro atoms. The van der Waals surface area contributed by atoms with Gasteiger partial charge in [0.2, 0.25) is 5.91 Å². The largest absolute Gasteiger partial charge is 0.507 e. The molecule has 0 radical (unpaired) electrons. The van der Waals surface area contributed by atoms with Gasteiger partial charge in [0.05, 0.1) is 12.9 Å². The Bertz CT molecular complexity index is 482. The number of para-hydroxylation sites is 1. The third-order valence-electron chi connectivity index (χ3n) is 2.66. The summed E-state index contributed by atoms with van der Waals surface area (Å²) in [5, 5.41) is 12.3. The van der Waals surface area contributed by atoms with Crippen LogP contribution in [-0.4, -0.2) is 47.9 Å². The molecule has 116 valence electrons. The van der Waals surface area contributed by atoms with Gasteiger partial charge in [0.1, 0.15) is 11.8 Å². The summed E-state index contributed by atoms with van der Waals surface area (Å²) in [4.78, 5) is 24.1. The fraction of sp³-hybridized carbons (Fsp3) is 0.429. The SMILES string of the molecule is COC(=O)C(CCSC)NC(=O)CSc1ccccc1O. The highest BCUT2D eigenvalue weighted by Crippen LogP contribution is 2.27. The Kier molecular flexibility index (Phi) is 8.07. The molecule has 1 unspecified atom stereocenters. The van der Waals surface area contributed by atoms with Crippen LogP contribution < -0.4 is 5.32 Å². The number of hydrogen-bond donors (Lipinski definition) is 2. The predicted molar refractivity (Wildman–Crippen MR) is 85.8 cm³/mol. The van der Waals surface area contributed by atoms with Crippen molar-refractivity contribution in [1.29, 1.82) is 0 Å². The van der Waals surface area contributed by atoms with E-state index < -0.39 is 12.0 Å². The highest BCUT2D eigenvalue weighted by molar-refractivity contribution is 8.00. The van der Waals surface area contributed by atoms with Crippen molar-refractivity contribution in [2.75, 3.05) is 24.9 Å². The number of aromatic hydroxyl groups is 1. The molecule has 7 heteroatoms. The molecule has 0 bridgehead atoms. The Morgan fingerprint density at radius 1 is 1.38 bits per heavy atom. The molecular weight excluding hydrogens is 310 g/mol. The zero-order valence-electron chi connectivity index (χ0n) is 12.0. The number of carbonyl (C=O) groups excluding carboxylic acids is 2. The number of thioether (sulfide) groups is 2. The second-order valence-corrected chi connectivity index (χ2v) is 6.18. The van der Waals surface area contributed by atoms with Crippen LogP contribution in [0.2, 0.25) is 0 Å². The lowest BCUT2D eigenvalue weighted by Crippen LogP contribution is -2.42. The van der Waals surface area contributed by atoms with Gasteiger partial charge in [-0.05, 0) is 30.6 Å². The first-order valence-electron chi connectivity index (χ1n) is 6.35. The second kappa shape index (κ2) is 9.57. The van der Waals surface area contributed by atoms with Crippen LogP contribution in [-0.2, 0) is 14.3 Å². The molecule has 0 fully saturated rings. The highest BCUT2D eigenvalue weighted by Gasteiger charge is 2.21. The Hall–Kier alpha value is -1.34. The molecule has 5 nitrogen and oxygen atoms in total. The van der Waals surface area contributed by atoms with Crippen molar-refractivity contribution in [1.82, 2.24) is 5.32 Å². The number of hydrogen-bond acceptors (Lipinski definition) is 6. The molecular formula is C14H19NO4S2. The molecule has 0 saturated heterocycles. The van der Waals surface area contributed by atoms with Gasteiger partial charge in [-0.2, -0.15) is 11.8 Å². The number of rotatable bonds is 8. The topological polar surface area (TPSA) is 75.6 Å². The van der Waals surface area contributed by atoms with Crippen LogP contribution in [0.4, 0.5) is 0 Å². The minimum atomic E-state index is -0.625. The first-order chi connectivity index (χ1) is 10.1. The molecule has 21 heavy (non-hydrogen) atoms. The molecule has 1 rings (SSSR count). The van der Waals surface area contributed by atoms with Crippen LogP contribution in [0.1, 0.15) is 6.42 Å². The smallest absolute Gasteiger partial charge is 0.328 e. The van der Waals surface area contributed by atoms with E-state index >= 15 is 0 Å². The normalized spacial score (nSPS) is 11.7. The van der Waals surface area contributed by atoms with Crippen LogP contribution in [0, 0.1) is 0 Å². The summed E-state index contributed by atoms with van der Waals surface area (Å²) in [5.41, 5.74) is 0. The van der Waals surface area contributed by atoms with E-state index in [1.165, 1.54) is 18.9 Å². The summed E-state index contributed by atoms with van der Waals surface area (Å²) < 4.78 is 4.68. The minimum Gasteiger partial charge on any atom is -0.507 e. The molecule has 1 aromatic rings. The van der Waals surface area contributed by atoms with Gasteiger partial charge >= 0.3 is 5.97 Å². The number of nitrogens with one attached hydrogen (secondary N) is 1. The standard InChI is InChI=1S/C14H19NO4S2/c1-19-14(18)10(7-8-20-2)15-13(17)9-21-12-6-4-3-5-11(12)16/h3-6,10,16H,7-9H2,1-2H3,(H,15,17).